The summed E-state index contributed by atoms with van der Waals surface area (Å²) in [6.45, 7) is 1.16. The lowest BCUT2D eigenvalue weighted by atomic mass is 10.1. The summed E-state index contributed by atoms with van der Waals surface area (Å²) < 4.78 is 5.11. The van der Waals surface area contributed by atoms with Crippen molar-refractivity contribution in [2.75, 3.05) is 11.9 Å². The molecule has 0 fully saturated rings. The number of nitriles is 1. The molecule has 0 atom stereocenters. The number of benzene rings is 2. The molecule has 7 heteroatoms. The van der Waals surface area contributed by atoms with Crippen LogP contribution in [0.3, 0.4) is 0 Å². The Kier molecular flexibility index (Phi) is 6.36. The van der Waals surface area contributed by atoms with Gasteiger partial charge in [-0.2, -0.15) is 5.26 Å². The summed E-state index contributed by atoms with van der Waals surface area (Å²) in [7, 11) is 0. The molecule has 2 rings (SSSR count). The molecule has 6 nitrogen and oxygen atoms in total. The van der Waals surface area contributed by atoms with E-state index < -0.39 is 18.5 Å². The van der Waals surface area contributed by atoms with Gasteiger partial charge in [0.1, 0.15) is 24.0 Å². The molecule has 0 heterocycles. The average molecular weight is 370 g/mol. The number of carboxylic acids is 1. The van der Waals surface area contributed by atoms with Gasteiger partial charge in [0.05, 0.1) is 5.97 Å². The van der Waals surface area contributed by atoms with Crippen LogP contribution in [-0.4, -0.2) is 18.5 Å². The number of rotatable bonds is 6. The topological polar surface area (TPSA) is 102 Å². The molecule has 0 saturated carbocycles. The number of nitrogens with zero attached hydrogens (tertiary/aromatic N) is 1. The Morgan fingerprint density at radius 3 is 2.73 bits per heavy atom. The first kappa shape index (κ1) is 19.0. The quantitative estimate of drug-likeness (QED) is 0.621. The summed E-state index contributed by atoms with van der Waals surface area (Å²) in [5.74, 6) is -1.78. The molecule has 0 radical (unpaired) electrons. The largest absolute Gasteiger partial charge is 0.546 e. The van der Waals surface area contributed by atoms with Gasteiger partial charge in [-0.3, -0.25) is 4.79 Å². The third-order valence-electron chi connectivity index (χ3n) is 3.38. The number of anilines is 1. The van der Waals surface area contributed by atoms with Gasteiger partial charge < -0.3 is 20.0 Å². The fourth-order valence-electron chi connectivity index (χ4n) is 2.09. The highest BCUT2D eigenvalue weighted by atomic mass is 35.5. The molecule has 0 bridgehead atoms. The number of carbonyl (C=O) groups is 2. The molecule has 0 aromatic heterocycles. The van der Waals surface area contributed by atoms with Crippen molar-refractivity contribution in [1.29, 1.82) is 5.26 Å². The molecule has 26 heavy (non-hydrogen) atoms. The van der Waals surface area contributed by atoms with Crippen molar-refractivity contribution in [1.82, 2.24) is 0 Å². The zero-order valence-corrected chi connectivity index (χ0v) is 14.5. The number of nitrogens with one attached hydrogen (secondary N) is 1. The van der Waals surface area contributed by atoms with Crippen LogP contribution >= 0.6 is 11.6 Å². The molecular formula is C19H14ClN2O4-. The first-order valence-corrected chi connectivity index (χ1v) is 7.89. The molecule has 0 spiro atoms. The van der Waals surface area contributed by atoms with Gasteiger partial charge >= 0.3 is 0 Å². The van der Waals surface area contributed by atoms with E-state index >= 15 is 0 Å². The number of ether oxygens (including phenoxy) is 1. The summed E-state index contributed by atoms with van der Waals surface area (Å²) in [6.07, 6.45) is 1.32. The Bertz CT molecular complexity index is 916. The lowest BCUT2D eigenvalue weighted by Crippen LogP contribution is -2.29. The van der Waals surface area contributed by atoms with Crippen LogP contribution in [0.15, 0.2) is 48.0 Å². The predicted molar refractivity (Wildman–Crippen MR) is 95.4 cm³/mol. The minimum absolute atomic E-state index is 0.172. The Balaban J connectivity index is 2.27. The fourth-order valence-corrected chi connectivity index (χ4v) is 2.26. The normalized spacial score (nSPS) is 10.7. The van der Waals surface area contributed by atoms with Crippen molar-refractivity contribution in [2.24, 2.45) is 0 Å². The van der Waals surface area contributed by atoms with Crippen LogP contribution in [0.2, 0.25) is 5.02 Å². The van der Waals surface area contributed by atoms with E-state index in [0.29, 0.717) is 16.3 Å². The Morgan fingerprint density at radius 1 is 1.31 bits per heavy atom. The highest BCUT2D eigenvalue weighted by molar-refractivity contribution is 6.31. The second-order valence-electron chi connectivity index (χ2n) is 5.28. The van der Waals surface area contributed by atoms with Crippen LogP contribution in [0.25, 0.3) is 6.08 Å². The van der Waals surface area contributed by atoms with Gasteiger partial charge in [-0.05, 0) is 36.8 Å². The molecule has 1 N–H and O–H groups in total. The van der Waals surface area contributed by atoms with Gasteiger partial charge in [-0.25, -0.2) is 0 Å². The molecule has 2 aromatic carbocycles. The number of carbonyl (C=O) groups excluding carboxylic acids is 2. The minimum Gasteiger partial charge on any atom is -0.546 e. The SMILES string of the molecule is Cc1ccc(Cl)cc1NC(=O)/C(C#N)=C/c1ccccc1OCC(=O)[O-]. The zero-order chi connectivity index (χ0) is 19.1. The van der Waals surface area contributed by atoms with Gasteiger partial charge in [-0.1, -0.05) is 35.9 Å². The maximum Gasteiger partial charge on any atom is 0.266 e. The van der Waals surface area contributed by atoms with E-state index in [1.165, 1.54) is 12.1 Å². The van der Waals surface area contributed by atoms with Crippen molar-refractivity contribution >= 4 is 35.2 Å². The van der Waals surface area contributed by atoms with Gasteiger partial charge in [-0.15, -0.1) is 0 Å². The summed E-state index contributed by atoms with van der Waals surface area (Å²) in [5, 5.41) is 23.0. The van der Waals surface area contributed by atoms with Crippen LogP contribution < -0.4 is 15.2 Å². The highest BCUT2D eigenvalue weighted by Gasteiger charge is 2.12. The molecule has 2 aromatic rings. The molecular weight excluding hydrogens is 356 g/mol. The van der Waals surface area contributed by atoms with E-state index in [1.54, 1.807) is 43.3 Å². The van der Waals surface area contributed by atoms with Crippen LogP contribution in [0.1, 0.15) is 11.1 Å². The summed E-state index contributed by atoms with van der Waals surface area (Å²) in [4.78, 5) is 23.0. The molecule has 0 saturated heterocycles. The molecule has 0 unspecified atom stereocenters. The van der Waals surface area contributed by atoms with Crippen molar-refractivity contribution in [3.8, 4) is 11.8 Å². The molecule has 132 valence electrons. The Labute approximate surface area is 155 Å². The monoisotopic (exact) mass is 369 g/mol. The standard InChI is InChI=1S/C19H15ClN2O4/c1-12-6-7-15(20)9-16(12)22-19(25)14(10-21)8-13-4-2-3-5-17(13)26-11-18(23)24/h2-9H,11H2,1H3,(H,22,25)(H,23,24)/p-1/b14-8+. The lowest BCUT2D eigenvalue weighted by Gasteiger charge is -2.11. The smallest absolute Gasteiger partial charge is 0.266 e. The maximum atomic E-state index is 12.4. The van der Waals surface area contributed by atoms with Crippen molar-refractivity contribution < 1.29 is 19.4 Å². The first-order valence-electron chi connectivity index (χ1n) is 7.51. The van der Waals surface area contributed by atoms with Crippen molar-refractivity contribution in [3.63, 3.8) is 0 Å². The zero-order valence-electron chi connectivity index (χ0n) is 13.8. The van der Waals surface area contributed by atoms with E-state index in [-0.39, 0.29) is 11.3 Å². The molecule has 0 aliphatic rings. The number of para-hydroxylation sites is 1. The Morgan fingerprint density at radius 2 is 2.04 bits per heavy atom. The fraction of sp³-hybridized carbons (Fsp3) is 0.105. The average Bonchev–Trinajstić information content (AvgIpc) is 2.61. The van der Waals surface area contributed by atoms with Crippen LogP contribution in [0.5, 0.6) is 5.75 Å². The number of aryl methyl sites for hydroxylation is 1. The van der Waals surface area contributed by atoms with E-state index in [1.807, 2.05) is 6.07 Å². The number of aliphatic carboxylic acids is 1. The van der Waals surface area contributed by atoms with Crippen molar-refractivity contribution in [2.45, 2.75) is 6.92 Å². The van der Waals surface area contributed by atoms with Crippen LogP contribution in [0, 0.1) is 18.3 Å². The van der Waals surface area contributed by atoms with Gasteiger partial charge in [0.15, 0.2) is 0 Å². The summed E-state index contributed by atoms with van der Waals surface area (Å²) in [6, 6.07) is 13.3. The number of hydrogen-bond acceptors (Lipinski definition) is 5. The lowest BCUT2D eigenvalue weighted by molar-refractivity contribution is -0.307. The predicted octanol–water partition coefficient (Wildman–Crippen LogP) is 2.32. The minimum atomic E-state index is -1.38. The number of hydrogen-bond donors (Lipinski definition) is 1. The third-order valence-corrected chi connectivity index (χ3v) is 3.61. The second-order valence-corrected chi connectivity index (χ2v) is 5.72. The van der Waals surface area contributed by atoms with E-state index in [2.05, 4.69) is 5.32 Å². The molecule has 1 amide bonds. The summed E-state index contributed by atoms with van der Waals surface area (Å²) in [5.41, 5.74) is 1.50. The van der Waals surface area contributed by atoms with Gasteiger partial charge in [0, 0.05) is 16.3 Å². The third kappa shape index (κ3) is 5.10. The molecule has 0 aliphatic carbocycles. The summed E-state index contributed by atoms with van der Waals surface area (Å²) >= 11 is 5.92. The Hall–Kier alpha value is -3.30. The number of amides is 1. The maximum absolute atomic E-state index is 12.4. The van der Waals surface area contributed by atoms with Gasteiger partial charge in [0.2, 0.25) is 0 Å². The van der Waals surface area contributed by atoms with Crippen LogP contribution in [-0.2, 0) is 9.59 Å². The van der Waals surface area contributed by atoms with Crippen molar-refractivity contribution in [3.05, 3.63) is 64.2 Å². The molecule has 0 aliphatic heterocycles. The van der Waals surface area contributed by atoms with E-state index in [9.17, 15) is 20.0 Å². The van der Waals surface area contributed by atoms with Gasteiger partial charge in [0.25, 0.3) is 5.91 Å². The number of halogens is 1. The second kappa shape index (κ2) is 8.70. The number of carboxylic acid groups (broad SMARTS) is 1. The highest BCUT2D eigenvalue weighted by Crippen LogP contribution is 2.23. The van der Waals surface area contributed by atoms with E-state index in [4.69, 9.17) is 16.3 Å². The van der Waals surface area contributed by atoms with Crippen LogP contribution in [0.4, 0.5) is 5.69 Å². The first-order chi connectivity index (χ1) is 12.4. The van der Waals surface area contributed by atoms with E-state index in [0.717, 1.165) is 5.56 Å².